The van der Waals surface area contributed by atoms with Gasteiger partial charge in [0.2, 0.25) is 16.5 Å². The van der Waals surface area contributed by atoms with Crippen LogP contribution in [0.4, 0.5) is 35.0 Å². The molecule has 28 heteroatoms. The first-order valence-corrected chi connectivity index (χ1v) is 27.0. The van der Waals surface area contributed by atoms with E-state index < -0.39 is 0 Å². The third-order valence-corrected chi connectivity index (χ3v) is 13.6. The van der Waals surface area contributed by atoms with Gasteiger partial charge in [0.1, 0.15) is 70.2 Å². The molecular formula is C55H55Cl3N20O5. The van der Waals surface area contributed by atoms with Crippen LogP contribution >= 0.6 is 34.8 Å². The summed E-state index contributed by atoms with van der Waals surface area (Å²) in [6.45, 7) is 2.31. The second-order valence-electron chi connectivity index (χ2n) is 18.7. The molecule has 426 valence electrons. The van der Waals surface area contributed by atoms with E-state index >= 15 is 0 Å². The second kappa shape index (κ2) is 26.4. The number of benzene rings is 3. The van der Waals surface area contributed by atoms with Crippen molar-refractivity contribution in [2.45, 2.75) is 37.8 Å². The number of fused-ring (bicyclic) bond motifs is 3. The number of halogens is 3. The first kappa shape index (κ1) is 56.8. The predicted octanol–water partition coefficient (Wildman–Crippen LogP) is 8.27. The van der Waals surface area contributed by atoms with Crippen LogP contribution in [0.15, 0.2) is 165 Å². The van der Waals surface area contributed by atoms with Crippen molar-refractivity contribution >= 4 is 86.4 Å². The number of aliphatic hydroxyl groups excluding tert-OH is 2. The smallest absolute Gasteiger partial charge is 0.245 e. The van der Waals surface area contributed by atoms with Gasteiger partial charge in [0, 0.05) is 48.2 Å². The summed E-state index contributed by atoms with van der Waals surface area (Å²) >= 11 is 17.2. The Bertz CT molecular complexity index is 4030. The monoisotopic (exact) mass is 1180 g/mol. The molecule has 10 N–H and O–H groups in total. The zero-order valence-electron chi connectivity index (χ0n) is 44.0. The predicted molar refractivity (Wildman–Crippen MR) is 316 cm³/mol. The Morgan fingerprint density at radius 2 is 1.02 bits per heavy atom. The number of nitrogen functional groups attached to an aromatic ring is 1. The molecule has 2 aliphatic rings. The number of phenols is 3. The number of phenolic OH excluding ortho intramolecular Hbond substituents is 3. The lowest BCUT2D eigenvalue weighted by Gasteiger charge is -2.23. The summed E-state index contributed by atoms with van der Waals surface area (Å²) in [7, 11) is 0. The van der Waals surface area contributed by atoms with Gasteiger partial charge in [0.15, 0.2) is 16.8 Å². The standard InChI is InChI=1S/C20H21N7O2.C15H11ClN6O.C9H9N3O.C6H3Cl2N3.C5H11NO/c28-12-15-3-1-9-26(15)20-23-19(17-4-2-10-27(17)24-20)22-18-11-25(13-21-18)14-5-7-16(29)8-6-14;16-15-19-14(12-2-1-7-22(12)20-15)18-13-8-21(9-17-13)10-3-5-11(23)6-4-10;10-9-5-12(6-11-9)7-1-3-8(13)4-2-7;7-5-4-2-1-3-11(4)10-6(8)9-5;7-4-5-2-1-3-6-5/h2,4-8,10-11,13,15,28-29H,1,3,9,12H2,(H,22,23,24);1-9,23H,(H,18,19,20);1-6,13H,10H2;1-3H;5-7H,1-4H2/t15-;;;;5-/m0...0/s1. The molecule has 2 atom stereocenters. The molecule has 0 spiro atoms. The van der Waals surface area contributed by atoms with Gasteiger partial charge in [-0.3, -0.25) is 0 Å². The van der Waals surface area contributed by atoms with Gasteiger partial charge >= 0.3 is 0 Å². The first-order chi connectivity index (χ1) is 40.4. The van der Waals surface area contributed by atoms with Crippen molar-refractivity contribution in [3.05, 3.63) is 181 Å². The number of aromatic nitrogens is 15. The molecule has 25 nitrogen and oxygen atoms in total. The minimum Gasteiger partial charge on any atom is -0.508 e. The Morgan fingerprint density at radius 3 is 1.51 bits per heavy atom. The molecule has 83 heavy (non-hydrogen) atoms. The number of hydrogen-bond donors (Lipinski definition) is 9. The third kappa shape index (κ3) is 14.3. The normalized spacial score (nSPS) is 14.5. The van der Waals surface area contributed by atoms with E-state index in [4.69, 9.17) is 55.7 Å². The first-order valence-electron chi connectivity index (χ1n) is 25.9. The molecule has 0 saturated carbocycles. The summed E-state index contributed by atoms with van der Waals surface area (Å²) in [6.07, 6.45) is 20.2. The molecule has 0 amide bonds. The van der Waals surface area contributed by atoms with Crippen LogP contribution in [0.3, 0.4) is 0 Å². The number of rotatable bonds is 10. The van der Waals surface area contributed by atoms with Gasteiger partial charge in [-0.15, -0.1) is 15.3 Å². The maximum absolute atomic E-state index is 9.66. The fourth-order valence-corrected chi connectivity index (χ4v) is 9.47. The van der Waals surface area contributed by atoms with Crippen molar-refractivity contribution < 1.29 is 25.5 Å². The Morgan fingerprint density at radius 1 is 0.542 bits per heavy atom. The number of imidazole rings is 3. The summed E-state index contributed by atoms with van der Waals surface area (Å²) in [4.78, 5) is 27.4. The molecule has 0 radical (unpaired) electrons. The highest BCUT2D eigenvalue weighted by Crippen LogP contribution is 2.28. The highest BCUT2D eigenvalue weighted by molar-refractivity contribution is 6.34. The molecule has 2 aliphatic heterocycles. The maximum atomic E-state index is 9.66. The van der Waals surface area contributed by atoms with Crippen molar-refractivity contribution in [1.82, 2.24) is 77.8 Å². The largest absolute Gasteiger partial charge is 0.508 e. The molecule has 2 saturated heterocycles. The van der Waals surface area contributed by atoms with Gasteiger partial charge in [-0.25, -0.2) is 33.5 Å². The summed E-state index contributed by atoms with van der Waals surface area (Å²) in [6, 6.07) is 32.3. The van der Waals surface area contributed by atoms with Gasteiger partial charge in [0.05, 0.1) is 37.8 Å². The van der Waals surface area contributed by atoms with E-state index in [1.165, 1.54) is 6.42 Å². The Labute approximate surface area is 488 Å². The molecule has 0 bridgehead atoms. The summed E-state index contributed by atoms with van der Waals surface area (Å²) < 4.78 is 10.5. The Hall–Kier alpha value is -9.50. The van der Waals surface area contributed by atoms with Crippen LogP contribution < -0.4 is 26.6 Å². The lowest BCUT2D eigenvalue weighted by Crippen LogP contribution is -2.34. The second-order valence-corrected chi connectivity index (χ2v) is 19.7. The number of nitrogens with zero attached hydrogens (tertiary/aromatic N) is 16. The number of nitrogens with one attached hydrogen (secondary N) is 3. The van der Waals surface area contributed by atoms with Crippen LogP contribution in [0, 0.1) is 0 Å². The molecule has 12 aromatic rings. The van der Waals surface area contributed by atoms with E-state index in [1.807, 2.05) is 76.3 Å². The fraction of sp³-hybridized carbons (Fsp3) is 0.182. The highest BCUT2D eigenvalue weighted by Gasteiger charge is 2.27. The number of anilines is 6. The maximum Gasteiger partial charge on any atom is 0.245 e. The Balaban J connectivity index is 0.000000126. The van der Waals surface area contributed by atoms with Crippen molar-refractivity contribution in [2.24, 2.45) is 0 Å². The zero-order chi connectivity index (χ0) is 57.8. The molecule has 0 unspecified atom stereocenters. The minimum absolute atomic E-state index is 0.0459. The van der Waals surface area contributed by atoms with Crippen molar-refractivity contribution in [3.8, 4) is 34.3 Å². The lowest BCUT2D eigenvalue weighted by atomic mass is 10.2. The molecular weight excluding hydrogens is 1130 g/mol. The van der Waals surface area contributed by atoms with Crippen LogP contribution in [-0.2, 0) is 0 Å². The van der Waals surface area contributed by atoms with Crippen LogP contribution in [0.2, 0.25) is 15.7 Å². The van der Waals surface area contributed by atoms with E-state index in [9.17, 15) is 15.3 Å². The van der Waals surface area contributed by atoms with Crippen molar-refractivity contribution in [1.29, 1.82) is 0 Å². The van der Waals surface area contributed by atoms with Gasteiger partial charge in [0.25, 0.3) is 0 Å². The van der Waals surface area contributed by atoms with Gasteiger partial charge in [-0.05, 0) is 165 Å². The van der Waals surface area contributed by atoms with E-state index in [0.717, 1.165) is 66.0 Å². The van der Waals surface area contributed by atoms with Crippen LogP contribution in [0.1, 0.15) is 25.7 Å². The third-order valence-electron chi connectivity index (χ3n) is 13.0. The lowest BCUT2D eigenvalue weighted by molar-refractivity contribution is 0.255. The van der Waals surface area contributed by atoms with Gasteiger partial charge in [-0.2, -0.15) is 9.97 Å². The Kier molecular flexibility index (Phi) is 18.1. The van der Waals surface area contributed by atoms with Crippen LogP contribution in [0.5, 0.6) is 17.2 Å². The molecule has 11 heterocycles. The quantitative estimate of drug-likeness (QED) is 0.0622. The molecule has 2 fully saturated rings. The number of nitrogens with two attached hydrogens (primary N) is 1. The zero-order valence-corrected chi connectivity index (χ0v) is 46.3. The molecule has 9 aromatic heterocycles. The van der Waals surface area contributed by atoms with Crippen molar-refractivity contribution in [3.63, 3.8) is 0 Å². The average Bonchev–Trinajstić information content (AvgIpc) is 4.54. The van der Waals surface area contributed by atoms with Gasteiger partial charge < -0.3 is 65.8 Å². The van der Waals surface area contributed by atoms with E-state index in [2.05, 4.69) is 61.1 Å². The van der Waals surface area contributed by atoms with Crippen molar-refractivity contribution in [2.75, 3.05) is 47.6 Å². The minimum atomic E-state index is 0.0459. The topological polar surface area (TPSA) is 311 Å². The highest BCUT2D eigenvalue weighted by atomic mass is 35.5. The number of aromatic hydroxyl groups is 3. The molecule has 0 aliphatic carbocycles. The summed E-state index contributed by atoms with van der Waals surface area (Å²) in [5, 5.41) is 68.9. The average molecular weight is 1180 g/mol. The molecule has 3 aromatic carbocycles. The van der Waals surface area contributed by atoms with E-state index in [0.29, 0.717) is 52.8 Å². The SMILES string of the molecule is Clc1nc(Cl)c2cccn2n1.Nc1cn(-c2ccc(O)cc2)cn1.OC[C@@H]1CCCN1.OC[C@@H]1CCCN1c1nc(Nc2cn(-c3ccc(O)cc3)cn2)c2cccn2n1.Oc1ccc(-n2cnc(Nc3nc(Cl)nn4cccc34)c2)cc1. The molecule has 14 rings (SSSR count). The van der Waals surface area contributed by atoms with E-state index in [1.54, 1.807) is 116 Å². The summed E-state index contributed by atoms with van der Waals surface area (Å²) in [5.41, 5.74) is 10.6. The van der Waals surface area contributed by atoms with Gasteiger partial charge in [-0.1, -0.05) is 11.6 Å². The number of hydrogen-bond acceptors (Lipinski definition) is 19. The number of aliphatic hydroxyl groups is 2. The fourth-order valence-electron chi connectivity index (χ4n) is 8.86. The van der Waals surface area contributed by atoms with Crippen LogP contribution in [-0.4, -0.2) is 136 Å². The summed E-state index contributed by atoms with van der Waals surface area (Å²) in [5.74, 6) is 4.25. The van der Waals surface area contributed by atoms with Crippen LogP contribution in [0.25, 0.3) is 33.6 Å². The van der Waals surface area contributed by atoms with E-state index in [-0.39, 0.29) is 40.5 Å².